The summed E-state index contributed by atoms with van der Waals surface area (Å²) in [5.74, 6) is 1.41. The maximum Gasteiger partial charge on any atom is 0.128 e. The Morgan fingerprint density at radius 1 is 1.12 bits per heavy atom. The average molecular weight is 339 g/mol. The van der Waals surface area contributed by atoms with Crippen LogP contribution < -0.4 is 10.5 Å². The number of hydrogen-bond donors (Lipinski definition) is 1. The maximum absolute atomic E-state index is 5.86. The molecule has 1 aliphatic heterocycles. The number of nitrogens with two attached hydrogens (primary N) is 1. The molecule has 0 amide bonds. The molecule has 4 nitrogen and oxygen atoms in total. The van der Waals surface area contributed by atoms with Crippen LogP contribution in [-0.2, 0) is 12.8 Å². The highest BCUT2D eigenvalue weighted by Gasteiger charge is 2.15. The lowest BCUT2D eigenvalue weighted by Gasteiger charge is -2.27. The van der Waals surface area contributed by atoms with Gasteiger partial charge in [-0.1, -0.05) is 19.4 Å². The minimum Gasteiger partial charge on any atom is -0.496 e. The number of aryl methyl sites for hydroxylation is 1. The molecular weight excluding hydrogens is 310 g/mol. The number of nitrogen functional groups attached to an aromatic ring is 1. The number of likely N-dealkylation sites (tertiary alicyclic amines) is 1. The molecule has 1 saturated heterocycles. The molecule has 1 aromatic heterocycles. The summed E-state index contributed by atoms with van der Waals surface area (Å²) in [4.78, 5) is 7.05. The summed E-state index contributed by atoms with van der Waals surface area (Å²) in [5, 5.41) is 0. The van der Waals surface area contributed by atoms with Gasteiger partial charge in [0, 0.05) is 12.1 Å². The molecule has 134 valence electrons. The van der Waals surface area contributed by atoms with Crippen molar-refractivity contribution in [3.8, 4) is 17.0 Å². The first-order chi connectivity index (χ1) is 12.2. The number of methoxy groups -OCH3 is 1. The van der Waals surface area contributed by atoms with Crippen LogP contribution >= 0.6 is 0 Å². The van der Waals surface area contributed by atoms with Gasteiger partial charge in [0.15, 0.2) is 0 Å². The number of hydrogen-bond acceptors (Lipinski definition) is 4. The van der Waals surface area contributed by atoms with Gasteiger partial charge in [0.1, 0.15) is 11.6 Å². The van der Waals surface area contributed by atoms with Crippen molar-refractivity contribution in [2.75, 3.05) is 32.5 Å². The largest absolute Gasteiger partial charge is 0.496 e. The van der Waals surface area contributed by atoms with E-state index < -0.39 is 0 Å². The predicted octanol–water partition coefficient (Wildman–Crippen LogP) is 3.93. The van der Waals surface area contributed by atoms with Crippen molar-refractivity contribution in [3.63, 3.8) is 0 Å². The molecule has 0 bridgehead atoms. The Morgan fingerprint density at radius 3 is 2.60 bits per heavy atom. The zero-order valence-corrected chi connectivity index (χ0v) is 15.4. The Morgan fingerprint density at radius 2 is 1.92 bits per heavy atom. The van der Waals surface area contributed by atoms with Gasteiger partial charge >= 0.3 is 0 Å². The number of anilines is 1. The van der Waals surface area contributed by atoms with E-state index in [4.69, 9.17) is 10.5 Å². The summed E-state index contributed by atoms with van der Waals surface area (Å²) in [6.45, 7) is 5.82. The summed E-state index contributed by atoms with van der Waals surface area (Å²) in [6, 6.07) is 10.2. The number of rotatable bonds is 6. The van der Waals surface area contributed by atoms with Gasteiger partial charge in [-0.3, -0.25) is 0 Å². The fourth-order valence-corrected chi connectivity index (χ4v) is 3.66. The lowest BCUT2D eigenvalue weighted by atomic mass is 9.96. The van der Waals surface area contributed by atoms with E-state index in [0.717, 1.165) is 36.4 Å². The molecule has 0 radical (unpaired) electrons. The molecule has 2 aromatic rings. The highest BCUT2D eigenvalue weighted by atomic mass is 16.5. The minimum absolute atomic E-state index is 0.534. The van der Waals surface area contributed by atoms with Crippen molar-refractivity contribution in [2.24, 2.45) is 0 Å². The third kappa shape index (κ3) is 4.31. The Kier molecular flexibility index (Phi) is 5.92. The van der Waals surface area contributed by atoms with E-state index in [1.165, 1.54) is 43.5 Å². The van der Waals surface area contributed by atoms with E-state index in [1.54, 1.807) is 7.11 Å². The fourth-order valence-electron chi connectivity index (χ4n) is 3.66. The Bertz CT molecular complexity index is 708. The van der Waals surface area contributed by atoms with Crippen molar-refractivity contribution in [3.05, 3.63) is 41.5 Å². The monoisotopic (exact) mass is 339 g/mol. The van der Waals surface area contributed by atoms with Crippen LogP contribution in [0.2, 0.25) is 0 Å². The third-order valence-corrected chi connectivity index (χ3v) is 5.10. The summed E-state index contributed by atoms with van der Waals surface area (Å²) in [7, 11) is 1.73. The van der Waals surface area contributed by atoms with Crippen molar-refractivity contribution in [1.82, 2.24) is 9.88 Å². The van der Waals surface area contributed by atoms with E-state index in [1.807, 2.05) is 18.2 Å². The van der Waals surface area contributed by atoms with Crippen LogP contribution in [0.25, 0.3) is 11.3 Å². The minimum atomic E-state index is 0.534. The summed E-state index contributed by atoms with van der Waals surface area (Å²) >= 11 is 0. The normalized spacial score (nSPS) is 15.3. The van der Waals surface area contributed by atoms with Gasteiger partial charge in [0.2, 0.25) is 0 Å². The van der Waals surface area contributed by atoms with E-state index in [-0.39, 0.29) is 0 Å². The highest BCUT2D eigenvalue weighted by molar-refractivity contribution is 5.70. The van der Waals surface area contributed by atoms with Crippen molar-refractivity contribution >= 4 is 5.82 Å². The summed E-state index contributed by atoms with van der Waals surface area (Å²) in [6.07, 6.45) is 6.14. The van der Waals surface area contributed by atoms with Crippen LogP contribution in [-0.4, -0.2) is 36.6 Å². The number of aromatic nitrogens is 1. The van der Waals surface area contributed by atoms with Gasteiger partial charge in [0.25, 0.3) is 0 Å². The van der Waals surface area contributed by atoms with Crippen LogP contribution in [0, 0.1) is 0 Å². The first kappa shape index (κ1) is 17.7. The van der Waals surface area contributed by atoms with E-state index in [2.05, 4.69) is 28.9 Å². The van der Waals surface area contributed by atoms with Gasteiger partial charge in [-0.15, -0.1) is 0 Å². The van der Waals surface area contributed by atoms with Crippen LogP contribution in [0.15, 0.2) is 30.3 Å². The van der Waals surface area contributed by atoms with E-state index in [9.17, 15) is 0 Å². The summed E-state index contributed by atoms with van der Waals surface area (Å²) < 4.78 is 5.68. The first-order valence-corrected chi connectivity index (χ1v) is 9.36. The molecular formula is C21H29N3O. The topological polar surface area (TPSA) is 51.4 Å². The van der Waals surface area contributed by atoms with Crippen molar-refractivity contribution < 1.29 is 4.74 Å². The molecule has 3 rings (SSSR count). The van der Waals surface area contributed by atoms with Crippen LogP contribution in [0.4, 0.5) is 5.82 Å². The van der Waals surface area contributed by atoms with Gasteiger partial charge in [-0.2, -0.15) is 0 Å². The molecule has 4 heteroatoms. The molecule has 0 aliphatic carbocycles. The molecule has 0 atom stereocenters. The van der Waals surface area contributed by atoms with Gasteiger partial charge in [0.05, 0.1) is 12.8 Å². The molecule has 2 N–H and O–H groups in total. The van der Waals surface area contributed by atoms with Crippen molar-refractivity contribution in [2.45, 2.75) is 39.0 Å². The maximum atomic E-state index is 5.86. The fraction of sp³-hybridized carbons (Fsp3) is 0.476. The second-order valence-corrected chi connectivity index (χ2v) is 6.77. The van der Waals surface area contributed by atoms with E-state index >= 15 is 0 Å². The summed E-state index contributed by atoms with van der Waals surface area (Å²) in [5.41, 5.74) is 10.5. The Balaban J connectivity index is 1.86. The molecule has 0 spiro atoms. The lowest BCUT2D eigenvalue weighted by molar-refractivity contribution is 0.231. The van der Waals surface area contributed by atoms with Crippen LogP contribution in [0.3, 0.4) is 0 Å². The molecule has 25 heavy (non-hydrogen) atoms. The zero-order valence-electron chi connectivity index (χ0n) is 15.4. The number of ether oxygens (including phenoxy) is 1. The number of nitrogens with zero attached hydrogens (tertiary/aromatic N) is 2. The van der Waals surface area contributed by atoms with Gasteiger partial charge in [-0.05, 0) is 74.2 Å². The molecule has 1 aromatic carbocycles. The highest BCUT2D eigenvalue weighted by Crippen LogP contribution is 2.33. The Labute approximate surface area is 151 Å². The predicted molar refractivity (Wildman–Crippen MR) is 104 cm³/mol. The third-order valence-electron chi connectivity index (χ3n) is 5.10. The van der Waals surface area contributed by atoms with E-state index in [0.29, 0.717) is 5.82 Å². The molecule has 1 aliphatic rings. The first-order valence-electron chi connectivity index (χ1n) is 9.36. The van der Waals surface area contributed by atoms with Crippen LogP contribution in [0.1, 0.15) is 37.3 Å². The number of piperidine rings is 1. The SMILES string of the molecule is CCc1cc(-c2cccc(N)n2)c(OC)cc1CCN1CCCCC1. The van der Waals surface area contributed by atoms with Gasteiger partial charge < -0.3 is 15.4 Å². The molecule has 0 saturated carbocycles. The second kappa shape index (κ2) is 8.34. The molecule has 2 heterocycles. The second-order valence-electron chi connectivity index (χ2n) is 6.77. The molecule has 0 unspecified atom stereocenters. The molecule has 1 fully saturated rings. The standard InChI is InChI=1S/C21H29N3O/c1-3-16-14-18(19-8-7-9-21(22)23-19)20(25-2)15-17(16)10-13-24-11-5-4-6-12-24/h7-9,14-15H,3-6,10-13H2,1-2H3,(H2,22,23). The van der Waals surface area contributed by atoms with Gasteiger partial charge in [-0.25, -0.2) is 4.98 Å². The number of pyridine rings is 1. The average Bonchev–Trinajstić information content (AvgIpc) is 2.66. The zero-order chi connectivity index (χ0) is 17.6. The smallest absolute Gasteiger partial charge is 0.128 e. The van der Waals surface area contributed by atoms with Crippen LogP contribution in [0.5, 0.6) is 5.75 Å². The van der Waals surface area contributed by atoms with Crippen molar-refractivity contribution in [1.29, 1.82) is 0 Å². The number of benzene rings is 1. The quantitative estimate of drug-likeness (QED) is 0.866. The Hall–Kier alpha value is -2.07. The lowest BCUT2D eigenvalue weighted by Crippen LogP contribution is -2.31.